The number of nitrogens with one attached hydrogen (secondary N) is 2. The Labute approximate surface area is 139 Å². The molecule has 0 fully saturated rings. The van der Waals surface area contributed by atoms with Crippen LogP contribution in [0.3, 0.4) is 0 Å². The minimum absolute atomic E-state index is 0.0200. The first kappa shape index (κ1) is 18.7. The predicted octanol–water partition coefficient (Wildman–Crippen LogP) is 1.66. The van der Waals surface area contributed by atoms with Gasteiger partial charge in [-0.15, -0.1) is 0 Å². The molecule has 0 aromatic heterocycles. The average Bonchev–Trinajstić information content (AvgIpc) is 2.51. The summed E-state index contributed by atoms with van der Waals surface area (Å²) in [6.45, 7) is -1.43. The number of alkyl halides is 2. The SMILES string of the molecule is CN(C)/C=N/c1ccc(NC(=S)NCC(F)(F)CN)cc1C#N. The fourth-order valence-corrected chi connectivity index (χ4v) is 1.64. The van der Waals surface area contributed by atoms with Crippen molar-refractivity contribution in [2.45, 2.75) is 5.92 Å². The van der Waals surface area contributed by atoms with Crippen molar-refractivity contribution in [2.75, 3.05) is 32.5 Å². The minimum atomic E-state index is -3.03. The van der Waals surface area contributed by atoms with Crippen LogP contribution in [0.5, 0.6) is 0 Å². The van der Waals surface area contributed by atoms with Gasteiger partial charge in [0.1, 0.15) is 6.07 Å². The first-order valence-corrected chi connectivity index (χ1v) is 7.06. The van der Waals surface area contributed by atoms with E-state index in [1.807, 2.05) is 20.2 Å². The van der Waals surface area contributed by atoms with Crippen LogP contribution in [0.2, 0.25) is 0 Å². The largest absolute Gasteiger partial charge is 0.369 e. The average molecular weight is 340 g/mol. The van der Waals surface area contributed by atoms with Crippen LogP contribution < -0.4 is 16.4 Å². The lowest BCUT2D eigenvalue weighted by atomic mass is 10.2. The zero-order chi connectivity index (χ0) is 17.5. The lowest BCUT2D eigenvalue weighted by Crippen LogP contribution is -2.42. The Morgan fingerprint density at radius 3 is 2.78 bits per heavy atom. The predicted molar refractivity (Wildman–Crippen MR) is 91.2 cm³/mol. The molecule has 0 unspecified atom stereocenters. The van der Waals surface area contributed by atoms with Gasteiger partial charge in [0.15, 0.2) is 5.11 Å². The van der Waals surface area contributed by atoms with E-state index < -0.39 is 19.0 Å². The van der Waals surface area contributed by atoms with Gasteiger partial charge in [0.2, 0.25) is 0 Å². The molecule has 0 radical (unpaired) electrons. The molecule has 0 atom stereocenters. The number of nitrogens with two attached hydrogens (primary N) is 1. The van der Waals surface area contributed by atoms with Gasteiger partial charge in [-0.25, -0.2) is 13.8 Å². The standard InChI is InChI=1S/C14H18F2N6S/c1-22(2)9-20-12-4-3-11(5-10(12)6-17)21-13(23)19-8-14(15,16)7-18/h3-5,9H,7-8,18H2,1-2H3,(H2,19,21,23)/b20-9+. The quantitative estimate of drug-likeness (QED) is 0.415. The molecule has 0 saturated carbocycles. The van der Waals surface area contributed by atoms with Crippen molar-refractivity contribution >= 4 is 35.0 Å². The first-order valence-electron chi connectivity index (χ1n) is 6.65. The van der Waals surface area contributed by atoms with Crippen molar-refractivity contribution in [3.63, 3.8) is 0 Å². The summed E-state index contributed by atoms with van der Waals surface area (Å²) in [4.78, 5) is 5.91. The number of halogens is 2. The number of benzene rings is 1. The van der Waals surface area contributed by atoms with Gasteiger partial charge in [-0.2, -0.15) is 5.26 Å². The molecule has 0 bridgehead atoms. The molecule has 0 aliphatic carbocycles. The van der Waals surface area contributed by atoms with Crippen LogP contribution >= 0.6 is 12.2 Å². The number of nitriles is 1. The maximum Gasteiger partial charge on any atom is 0.276 e. The highest BCUT2D eigenvalue weighted by Gasteiger charge is 2.26. The van der Waals surface area contributed by atoms with Crippen molar-refractivity contribution in [3.8, 4) is 6.07 Å². The van der Waals surface area contributed by atoms with Gasteiger partial charge in [-0.05, 0) is 30.4 Å². The zero-order valence-electron chi connectivity index (χ0n) is 12.8. The van der Waals surface area contributed by atoms with Crippen LogP contribution in [-0.4, -0.2) is 49.5 Å². The molecule has 23 heavy (non-hydrogen) atoms. The van der Waals surface area contributed by atoms with Crippen LogP contribution in [0, 0.1) is 11.3 Å². The van der Waals surface area contributed by atoms with E-state index >= 15 is 0 Å². The van der Waals surface area contributed by atoms with E-state index in [1.165, 1.54) is 6.07 Å². The smallest absolute Gasteiger partial charge is 0.276 e. The summed E-state index contributed by atoms with van der Waals surface area (Å²) >= 11 is 4.93. The molecule has 1 aromatic carbocycles. The van der Waals surface area contributed by atoms with E-state index in [-0.39, 0.29) is 5.11 Å². The Hall–Kier alpha value is -2.31. The second-order valence-corrected chi connectivity index (χ2v) is 5.33. The van der Waals surface area contributed by atoms with Gasteiger partial charge in [0, 0.05) is 19.8 Å². The molecule has 1 aromatic rings. The van der Waals surface area contributed by atoms with E-state index in [0.29, 0.717) is 16.9 Å². The minimum Gasteiger partial charge on any atom is -0.369 e. The Morgan fingerprint density at radius 1 is 1.52 bits per heavy atom. The first-order chi connectivity index (χ1) is 10.8. The van der Waals surface area contributed by atoms with Gasteiger partial charge in [0.25, 0.3) is 5.92 Å². The van der Waals surface area contributed by atoms with Crippen LogP contribution in [0.1, 0.15) is 5.56 Å². The number of rotatable bonds is 6. The number of hydrogen-bond acceptors (Lipinski definition) is 4. The number of aliphatic imine (C=N–C) groups is 1. The van der Waals surface area contributed by atoms with Crippen molar-refractivity contribution in [1.29, 1.82) is 5.26 Å². The highest BCUT2D eigenvalue weighted by Crippen LogP contribution is 2.22. The number of anilines is 1. The molecule has 0 aliphatic heterocycles. The maximum absolute atomic E-state index is 13.0. The summed E-state index contributed by atoms with van der Waals surface area (Å²) < 4.78 is 26.1. The highest BCUT2D eigenvalue weighted by atomic mass is 32.1. The van der Waals surface area contributed by atoms with Gasteiger partial charge >= 0.3 is 0 Å². The van der Waals surface area contributed by atoms with Gasteiger partial charge in [-0.1, -0.05) is 0 Å². The van der Waals surface area contributed by atoms with Crippen molar-refractivity contribution in [3.05, 3.63) is 23.8 Å². The van der Waals surface area contributed by atoms with E-state index in [2.05, 4.69) is 15.6 Å². The Bertz CT molecular complexity index is 624. The maximum atomic E-state index is 13.0. The fourth-order valence-electron chi connectivity index (χ4n) is 1.45. The number of thiocarbonyl (C=S) groups is 1. The van der Waals surface area contributed by atoms with Crippen LogP contribution in [0.4, 0.5) is 20.2 Å². The molecule has 1 rings (SSSR count). The van der Waals surface area contributed by atoms with Crippen molar-refractivity contribution < 1.29 is 8.78 Å². The van der Waals surface area contributed by atoms with Crippen molar-refractivity contribution in [2.24, 2.45) is 10.7 Å². The van der Waals surface area contributed by atoms with Gasteiger partial charge < -0.3 is 21.3 Å². The third-order valence-electron chi connectivity index (χ3n) is 2.61. The lowest BCUT2D eigenvalue weighted by molar-refractivity contribution is 0.0164. The molecule has 0 heterocycles. The van der Waals surface area contributed by atoms with Crippen LogP contribution in [0.15, 0.2) is 23.2 Å². The molecule has 0 amide bonds. The molecule has 6 nitrogen and oxygen atoms in total. The second-order valence-electron chi connectivity index (χ2n) is 4.92. The Morgan fingerprint density at radius 2 is 2.22 bits per heavy atom. The molecule has 0 saturated heterocycles. The summed E-state index contributed by atoms with van der Waals surface area (Å²) in [6.07, 6.45) is 1.57. The highest BCUT2D eigenvalue weighted by molar-refractivity contribution is 7.80. The van der Waals surface area contributed by atoms with E-state index in [9.17, 15) is 8.78 Å². The third-order valence-corrected chi connectivity index (χ3v) is 2.86. The topological polar surface area (TPSA) is 89.5 Å². The van der Waals surface area contributed by atoms with Crippen LogP contribution in [-0.2, 0) is 0 Å². The molecule has 0 spiro atoms. The number of nitrogens with zero attached hydrogens (tertiary/aromatic N) is 3. The summed E-state index contributed by atoms with van der Waals surface area (Å²) in [6, 6.07) is 6.85. The normalized spacial score (nSPS) is 11.1. The summed E-state index contributed by atoms with van der Waals surface area (Å²) in [5.41, 5.74) is 6.28. The third kappa shape index (κ3) is 6.54. The summed E-state index contributed by atoms with van der Waals surface area (Å²) in [5, 5.41) is 14.3. The monoisotopic (exact) mass is 340 g/mol. The second kappa shape index (κ2) is 8.36. The number of hydrogen-bond donors (Lipinski definition) is 3. The molecule has 9 heteroatoms. The summed E-state index contributed by atoms with van der Waals surface area (Å²) in [5.74, 6) is -3.03. The Kier molecular flexibility index (Phi) is 6.81. The molecule has 0 aliphatic rings. The van der Waals surface area contributed by atoms with Gasteiger partial charge in [0.05, 0.1) is 30.7 Å². The molecular formula is C14H18F2N6S. The zero-order valence-corrected chi connectivity index (χ0v) is 13.6. The van der Waals surface area contributed by atoms with Gasteiger partial charge in [-0.3, -0.25) is 0 Å². The Balaban J connectivity index is 2.75. The van der Waals surface area contributed by atoms with E-state index in [4.69, 9.17) is 23.2 Å². The molecule has 124 valence electrons. The van der Waals surface area contributed by atoms with E-state index in [0.717, 1.165) is 0 Å². The summed E-state index contributed by atoms with van der Waals surface area (Å²) in [7, 11) is 3.62. The van der Waals surface area contributed by atoms with E-state index in [1.54, 1.807) is 23.4 Å². The lowest BCUT2D eigenvalue weighted by Gasteiger charge is -2.16. The van der Waals surface area contributed by atoms with Crippen molar-refractivity contribution in [1.82, 2.24) is 10.2 Å². The fraction of sp³-hybridized carbons (Fsp3) is 0.357. The van der Waals surface area contributed by atoms with Crippen LogP contribution in [0.25, 0.3) is 0 Å². The molecular weight excluding hydrogens is 322 g/mol. The molecule has 4 N–H and O–H groups in total.